The van der Waals surface area contributed by atoms with Crippen molar-refractivity contribution in [1.29, 1.82) is 0 Å². The van der Waals surface area contributed by atoms with E-state index in [9.17, 15) is 8.78 Å². The standard InChI is InChI=1S/C29H37F2N5O2Si/c1-18-15-35(16-19(2)38-18)21-10-11-25-22(14-21)28-27(20(3)34-36(28)17-37-12-13-39(4,5)6)33-29(32-25)26-23(30)8-7-9-24(26)31/h7-11,14,18-19H,12-13,15-17H2,1-6H3,(H,32,33)/t18-,19-/m0/s1. The summed E-state index contributed by atoms with van der Waals surface area (Å²) >= 11 is 0. The van der Waals surface area contributed by atoms with Crippen LogP contribution in [-0.2, 0) is 16.2 Å². The van der Waals surface area contributed by atoms with Crippen LogP contribution in [0.5, 0.6) is 0 Å². The number of rotatable bonds is 7. The molecule has 0 aliphatic carbocycles. The first-order valence-electron chi connectivity index (χ1n) is 13.5. The molecule has 10 heteroatoms. The van der Waals surface area contributed by atoms with Crippen molar-refractivity contribution < 1.29 is 18.3 Å². The van der Waals surface area contributed by atoms with Gasteiger partial charge in [-0.1, -0.05) is 25.7 Å². The van der Waals surface area contributed by atoms with Crippen molar-refractivity contribution in [2.24, 2.45) is 4.99 Å². The van der Waals surface area contributed by atoms with E-state index in [1.165, 1.54) is 18.2 Å². The van der Waals surface area contributed by atoms with E-state index in [4.69, 9.17) is 19.6 Å². The Morgan fingerprint density at radius 1 is 1.08 bits per heavy atom. The fraction of sp³-hybridized carbons (Fsp3) is 0.448. The van der Waals surface area contributed by atoms with Gasteiger partial charge >= 0.3 is 0 Å². The van der Waals surface area contributed by atoms with Crippen molar-refractivity contribution in [1.82, 2.24) is 9.78 Å². The summed E-state index contributed by atoms with van der Waals surface area (Å²) in [4.78, 5) is 7.07. The number of nitrogens with zero attached hydrogens (tertiary/aromatic N) is 4. The highest BCUT2D eigenvalue weighted by molar-refractivity contribution is 6.76. The molecule has 1 aromatic heterocycles. The zero-order valence-electron chi connectivity index (χ0n) is 23.5. The Morgan fingerprint density at radius 2 is 1.77 bits per heavy atom. The van der Waals surface area contributed by atoms with Gasteiger partial charge in [-0.25, -0.2) is 18.5 Å². The number of morpholine rings is 1. The Hall–Kier alpha value is -3.08. The van der Waals surface area contributed by atoms with Crippen LogP contribution in [0.3, 0.4) is 0 Å². The van der Waals surface area contributed by atoms with E-state index in [1.54, 1.807) is 0 Å². The molecule has 0 radical (unpaired) electrons. The molecule has 0 bridgehead atoms. The van der Waals surface area contributed by atoms with E-state index in [0.29, 0.717) is 23.7 Å². The molecule has 5 rings (SSSR count). The minimum atomic E-state index is -1.25. The van der Waals surface area contributed by atoms with E-state index in [0.717, 1.165) is 36.1 Å². The second-order valence-corrected chi connectivity index (χ2v) is 17.3. The van der Waals surface area contributed by atoms with Crippen molar-refractivity contribution in [3.8, 4) is 11.3 Å². The Labute approximate surface area is 229 Å². The largest absolute Gasteiger partial charge is 0.372 e. The minimum absolute atomic E-state index is 0.104. The fourth-order valence-electron chi connectivity index (χ4n) is 5.13. The van der Waals surface area contributed by atoms with Gasteiger partial charge in [0.05, 0.1) is 29.2 Å². The molecular weight excluding hydrogens is 516 g/mol. The Bertz CT molecular complexity index is 1370. The fourth-order valence-corrected chi connectivity index (χ4v) is 5.88. The number of anilines is 2. The van der Waals surface area contributed by atoms with Crippen molar-refractivity contribution in [2.75, 3.05) is 29.9 Å². The van der Waals surface area contributed by atoms with Gasteiger partial charge in [0.25, 0.3) is 0 Å². The molecule has 2 aliphatic rings. The average Bonchev–Trinajstić information content (AvgIpc) is 3.04. The highest BCUT2D eigenvalue weighted by Crippen LogP contribution is 2.42. The number of fused-ring (bicyclic) bond motifs is 3. The molecule has 0 spiro atoms. The molecule has 2 aromatic carbocycles. The van der Waals surface area contributed by atoms with Gasteiger partial charge in [0.2, 0.25) is 0 Å². The van der Waals surface area contributed by atoms with Crippen molar-refractivity contribution in [3.05, 3.63) is 59.3 Å². The quantitative estimate of drug-likeness (QED) is 0.265. The Balaban J connectivity index is 1.60. The molecule has 208 valence electrons. The van der Waals surface area contributed by atoms with Crippen LogP contribution in [0.2, 0.25) is 25.7 Å². The molecule has 2 aliphatic heterocycles. The van der Waals surface area contributed by atoms with Crippen LogP contribution in [-0.4, -0.2) is 55.6 Å². The Morgan fingerprint density at radius 3 is 2.44 bits per heavy atom. The number of nitrogens with one attached hydrogen (secondary N) is 1. The number of amidine groups is 1. The molecule has 0 amide bonds. The lowest BCUT2D eigenvalue weighted by Gasteiger charge is -2.37. The number of aromatic nitrogens is 2. The maximum atomic E-state index is 14.9. The van der Waals surface area contributed by atoms with Crippen molar-refractivity contribution in [3.63, 3.8) is 0 Å². The number of aryl methyl sites for hydroxylation is 1. The summed E-state index contributed by atoms with van der Waals surface area (Å²) in [7, 11) is -1.25. The van der Waals surface area contributed by atoms with E-state index < -0.39 is 19.7 Å². The zero-order chi connectivity index (χ0) is 27.9. The lowest BCUT2D eigenvalue weighted by atomic mass is 10.0. The maximum absolute atomic E-state index is 14.9. The van der Waals surface area contributed by atoms with Gasteiger partial charge in [-0.2, -0.15) is 5.10 Å². The molecular formula is C29H37F2N5O2Si. The number of benzene rings is 2. The molecule has 1 N–H and O–H groups in total. The van der Waals surface area contributed by atoms with Crippen LogP contribution in [0.25, 0.3) is 11.3 Å². The van der Waals surface area contributed by atoms with Crippen LogP contribution >= 0.6 is 0 Å². The van der Waals surface area contributed by atoms with Gasteiger partial charge in [0.15, 0.2) is 0 Å². The summed E-state index contributed by atoms with van der Waals surface area (Å²) < 4.78 is 43.6. The lowest BCUT2D eigenvalue weighted by molar-refractivity contribution is -0.00521. The smallest absolute Gasteiger partial charge is 0.144 e. The van der Waals surface area contributed by atoms with Gasteiger partial charge in [0, 0.05) is 44.7 Å². The van der Waals surface area contributed by atoms with E-state index >= 15 is 0 Å². The van der Waals surface area contributed by atoms with E-state index in [2.05, 4.69) is 49.8 Å². The molecule has 0 unspecified atom stereocenters. The first-order chi connectivity index (χ1) is 18.5. The zero-order valence-corrected chi connectivity index (χ0v) is 24.5. The van der Waals surface area contributed by atoms with Crippen molar-refractivity contribution in [2.45, 2.75) is 65.4 Å². The molecule has 39 heavy (non-hydrogen) atoms. The molecule has 0 saturated carbocycles. The number of aliphatic imine (C=N–C) groups is 1. The summed E-state index contributed by atoms with van der Waals surface area (Å²) in [5, 5.41) is 7.98. The molecule has 2 atom stereocenters. The van der Waals surface area contributed by atoms with Gasteiger partial charge in [-0.05, 0) is 57.1 Å². The number of ether oxygens (including phenoxy) is 2. The summed E-state index contributed by atoms with van der Waals surface area (Å²) in [6.07, 6.45) is 0.209. The van der Waals surface area contributed by atoms with Crippen LogP contribution in [0, 0.1) is 18.6 Å². The summed E-state index contributed by atoms with van der Waals surface area (Å²) in [6.45, 7) is 15.4. The summed E-state index contributed by atoms with van der Waals surface area (Å²) in [5.74, 6) is -1.26. The molecule has 3 heterocycles. The van der Waals surface area contributed by atoms with Gasteiger partial charge in [0.1, 0.15) is 29.9 Å². The van der Waals surface area contributed by atoms with Gasteiger partial charge < -0.3 is 19.7 Å². The predicted molar refractivity (Wildman–Crippen MR) is 155 cm³/mol. The van der Waals surface area contributed by atoms with E-state index in [1.807, 2.05) is 23.7 Å². The van der Waals surface area contributed by atoms with Crippen LogP contribution < -0.4 is 10.2 Å². The third-order valence-corrected chi connectivity index (χ3v) is 8.73. The third kappa shape index (κ3) is 5.92. The first kappa shape index (κ1) is 27.5. The summed E-state index contributed by atoms with van der Waals surface area (Å²) in [5.41, 5.74) is 4.35. The second-order valence-electron chi connectivity index (χ2n) is 11.7. The SMILES string of the molecule is Cc1nn(COCC[Si](C)(C)C)c2c1N=C(c1c(F)cccc1F)Nc1ccc(N3C[C@H](C)O[C@@H](C)C3)cc1-2. The van der Waals surface area contributed by atoms with Gasteiger partial charge in [-0.3, -0.25) is 0 Å². The summed E-state index contributed by atoms with van der Waals surface area (Å²) in [6, 6.07) is 10.9. The monoisotopic (exact) mass is 553 g/mol. The topological polar surface area (TPSA) is 63.9 Å². The highest BCUT2D eigenvalue weighted by Gasteiger charge is 2.29. The molecule has 7 nitrogen and oxygen atoms in total. The normalized spacial score (nSPS) is 19.2. The second kappa shape index (κ2) is 10.8. The van der Waals surface area contributed by atoms with Crippen LogP contribution in [0.1, 0.15) is 25.1 Å². The van der Waals surface area contributed by atoms with Gasteiger partial charge in [-0.15, -0.1) is 0 Å². The van der Waals surface area contributed by atoms with Crippen LogP contribution in [0.15, 0.2) is 41.4 Å². The lowest BCUT2D eigenvalue weighted by Crippen LogP contribution is -2.45. The van der Waals surface area contributed by atoms with Crippen molar-refractivity contribution >= 4 is 31.0 Å². The number of halogens is 2. The molecule has 1 fully saturated rings. The molecule has 1 saturated heterocycles. The first-order valence-corrected chi connectivity index (χ1v) is 17.2. The Kier molecular flexibility index (Phi) is 7.63. The highest BCUT2D eigenvalue weighted by atomic mass is 28.3. The minimum Gasteiger partial charge on any atom is -0.372 e. The average molecular weight is 554 g/mol. The number of hydrogen-bond donors (Lipinski definition) is 1. The predicted octanol–water partition coefficient (Wildman–Crippen LogP) is 6.57. The third-order valence-electron chi connectivity index (χ3n) is 7.03. The molecule has 3 aromatic rings. The number of hydrogen-bond acceptors (Lipinski definition) is 6. The van der Waals surface area contributed by atoms with Crippen LogP contribution in [0.4, 0.5) is 25.8 Å². The maximum Gasteiger partial charge on any atom is 0.144 e. The van der Waals surface area contributed by atoms with E-state index in [-0.39, 0.29) is 30.3 Å².